The van der Waals surface area contributed by atoms with Crippen molar-refractivity contribution in [2.24, 2.45) is 5.92 Å². The number of hydrogen-bond acceptors (Lipinski definition) is 5. The van der Waals surface area contributed by atoms with Gasteiger partial charge in [-0.05, 0) is 44.1 Å². The molecule has 3 rings (SSSR count). The van der Waals surface area contributed by atoms with Crippen LogP contribution in [0.1, 0.15) is 75.7 Å². The molecule has 3 heterocycles. The van der Waals surface area contributed by atoms with Crippen molar-refractivity contribution < 1.29 is 13.9 Å². The maximum Gasteiger partial charge on any atom is 0.275 e. The van der Waals surface area contributed by atoms with Crippen molar-refractivity contribution in [3.8, 4) is 17.3 Å². The van der Waals surface area contributed by atoms with Crippen LogP contribution in [0.2, 0.25) is 0 Å². The highest BCUT2D eigenvalue weighted by atomic mass is 16.5. The smallest absolute Gasteiger partial charge is 0.275 e. The molecule has 2 aromatic heterocycles. The fourth-order valence-electron chi connectivity index (χ4n) is 3.81. The summed E-state index contributed by atoms with van der Waals surface area (Å²) in [4.78, 5) is 23.8. The van der Waals surface area contributed by atoms with Crippen molar-refractivity contribution in [1.29, 1.82) is 0 Å². The Morgan fingerprint density at radius 3 is 2.83 bits per heavy atom. The lowest BCUT2D eigenvalue weighted by Gasteiger charge is -2.23. The monoisotopic (exact) mass is 399 g/mol. The molecule has 158 valence electrons. The van der Waals surface area contributed by atoms with E-state index in [1.54, 1.807) is 6.20 Å². The molecule has 0 saturated heterocycles. The van der Waals surface area contributed by atoms with Crippen LogP contribution in [-0.4, -0.2) is 40.5 Å². The molecule has 1 amide bonds. The summed E-state index contributed by atoms with van der Waals surface area (Å²) in [5.41, 5.74) is 1.14. The molecule has 0 N–H and O–H groups in total. The van der Waals surface area contributed by atoms with Gasteiger partial charge in [-0.25, -0.2) is 9.97 Å². The van der Waals surface area contributed by atoms with Crippen LogP contribution in [0, 0.1) is 5.92 Å². The Bertz CT molecular complexity index is 770. The highest BCUT2D eigenvalue weighted by Crippen LogP contribution is 2.23. The SMILES string of the molecule is CCC(CC)CCCN1CCCCCCOc2cc(ccn2)-c2nc(co2)C1=O. The number of carbonyl (C=O) groups is 1. The van der Waals surface area contributed by atoms with Crippen molar-refractivity contribution in [2.45, 2.75) is 65.2 Å². The number of nitrogens with zero attached hydrogens (tertiary/aromatic N) is 3. The lowest BCUT2D eigenvalue weighted by Crippen LogP contribution is -2.33. The molecule has 6 heteroatoms. The standard InChI is InChI=1S/C23H33N3O3/c1-3-18(4-2)10-9-14-26-13-7-5-6-8-15-28-21-16-19(11-12-24-21)22-25-20(17-29-22)23(26)27/h11-12,16-18H,3-10,13-15H2,1-2H3. The molecule has 0 unspecified atom stereocenters. The highest BCUT2D eigenvalue weighted by Gasteiger charge is 2.21. The third kappa shape index (κ3) is 6.05. The fourth-order valence-corrected chi connectivity index (χ4v) is 3.81. The largest absolute Gasteiger partial charge is 0.478 e. The maximum absolute atomic E-state index is 13.1. The van der Waals surface area contributed by atoms with Gasteiger partial charge in [0, 0.05) is 30.9 Å². The quantitative estimate of drug-likeness (QED) is 0.655. The zero-order chi connectivity index (χ0) is 20.5. The van der Waals surface area contributed by atoms with E-state index in [1.807, 2.05) is 17.0 Å². The van der Waals surface area contributed by atoms with E-state index < -0.39 is 0 Å². The van der Waals surface area contributed by atoms with Crippen LogP contribution in [0.5, 0.6) is 5.88 Å². The normalized spacial score (nSPS) is 15.7. The average Bonchev–Trinajstić information content (AvgIpc) is 3.24. The van der Waals surface area contributed by atoms with Crippen LogP contribution in [0.4, 0.5) is 0 Å². The molecule has 0 saturated carbocycles. The second-order valence-electron chi connectivity index (χ2n) is 7.80. The molecule has 0 aromatic carbocycles. The minimum Gasteiger partial charge on any atom is -0.478 e. The number of hydrogen-bond donors (Lipinski definition) is 0. The Morgan fingerprint density at radius 1 is 1.17 bits per heavy atom. The van der Waals surface area contributed by atoms with Gasteiger partial charge in [0.2, 0.25) is 11.8 Å². The third-order valence-corrected chi connectivity index (χ3v) is 5.76. The van der Waals surface area contributed by atoms with Gasteiger partial charge in [-0.1, -0.05) is 33.1 Å². The van der Waals surface area contributed by atoms with E-state index in [2.05, 4.69) is 23.8 Å². The number of fused-ring (bicyclic) bond motifs is 5. The van der Waals surface area contributed by atoms with Crippen LogP contribution < -0.4 is 4.74 Å². The second-order valence-corrected chi connectivity index (χ2v) is 7.80. The first-order valence-corrected chi connectivity index (χ1v) is 11.0. The summed E-state index contributed by atoms with van der Waals surface area (Å²) in [6.45, 7) is 6.68. The number of oxazole rings is 1. The molecule has 29 heavy (non-hydrogen) atoms. The van der Waals surface area contributed by atoms with Gasteiger partial charge >= 0.3 is 0 Å². The van der Waals surface area contributed by atoms with Crippen molar-refractivity contribution in [3.63, 3.8) is 0 Å². The summed E-state index contributed by atoms with van der Waals surface area (Å²) in [6.07, 6.45) is 11.9. The summed E-state index contributed by atoms with van der Waals surface area (Å²) >= 11 is 0. The molecular weight excluding hydrogens is 366 g/mol. The average molecular weight is 400 g/mol. The number of ether oxygens (including phenoxy) is 1. The lowest BCUT2D eigenvalue weighted by molar-refractivity contribution is 0.0741. The molecule has 0 radical (unpaired) electrons. The first-order chi connectivity index (χ1) is 14.2. The molecular formula is C23H33N3O3. The predicted octanol–water partition coefficient (Wildman–Crippen LogP) is 5.35. The number of carbonyl (C=O) groups excluding carboxylic acids is 1. The van der Waals surface area contributed by atoms with Crippen LogP contribution in [0.3, 0.4) is 0 Å². The predicted molar refractivity (Wildman–Crippen MR) is 113 cm³/mol. The molecule has 0 fully saturated rings. The zero-order valence-electron chi connectivity index (χ0n) is 17.7. The van der Waals surface area contributed by atoms with Gasteiger partial charge in [-0.3, -0.25) is 4.79 Å². The van der Waals surface area contributed by atoms with Crippen molar-refractivity contribution in [3.05, 3.63) is 30.3 Å². The summed E-state index contributed by atoms with van der Waals surface area (Å²) in [7, 11) is 0. The number of amides is 1. The maximum atomic E-state index is 13.1. The Morgan fingerprint density at radius 2 is 2.00 bits per heavy atom. The summed E-state index contributed by atoms with van der Waals surface area (Å²) in [5, 5.41) is 0. The topological polar surface area (TPSA) is 68.5 Å². The van der Waals surface area contributed by atoms with E-state index in [9.17, 15) is 4.79 Å². The lowest BCUT2D eigenvalue weighted by atomic mass is 9.97. The molecule has 1 aliphatic heterocycles. The van der Waals surface area contributed by atoms with Crippen LogP contribution in [0.15, 0.2) is 29.0 Å². The summed E-state index contributed by atoms with van der Waals surface area (Å²) < 4.78 is 11.4. The molecule has 0 atom stereocenters. The fraction of sp³-hybridized carbons (Fsp3) is 0.609. The van der Waals surface area contributed by atoms with Crippen molar-refractivity contribution in [1.82, 2.24) is 14.9 Å². The van der Waals surface area contributed by atoms with Gasteiger partial charge in [-0.15, -0.1) is 0 Å². The van der Waals surface area contributed by atoms with E-state index in [1.165, 1.54) is 19.1 Å². The van der Waals surface area contributed by atoms with Crippen molar-refractivity contribution >= 4 is 5.91 Å². The molecule has 0 aliphatic carbocycles. The van der Waals surface area contributed by atoms with E-state index >= 15 is 0 Å². The first kappa shape index (κ1) is 21.3. The summed E-state index contributed by atoms with van der Waals surface area (Å²) in [6, 6.07) is 3.63. The molecule has 2 aromatic rings. The van der Waals surface area contributed by atoms with Crippen molar-refractivity contribution in [2.75, 3.05) is 19.7 Å². The number of aromatic nitrogens is 2. The van der Waals surface area contributed by atoms with Crippen LogP contribution in [0.25, 0.3) is 11.5 Å². The first-order valence-electron chi connectivity index (χ1n) is 11.0. The van der Waals surface area contributed by atoms with Gasteiger partial charge < -0.3 is 14.1 Å². The molecule has 1 aliphatic rings. The van der Waals surface area contributed by atoms with E-state index in [-0.39, 0.29) is 5.91 Å². The number of pyridine rings is 1. The minimum atomic E-state index is -0.0371. The van der Waals surface area contributed by atoms with Gasteiger partial charge in [-0.2, -0.15) is 0 Å². The molecule has 6 nitrogen and oxygen atoms in total. The van der Waals surface area contributed by atoms with Crippen LogP contribution in [-0.2, 0) is 0 Å². The Balaban J connectivity index is 1.75. The molecule has 4 bridgehead atoms. The second kappa shape index (κ2) is 11.0. The Hall–Kier alpha value is -2.37. The minimum absolute atomic E-state index is 0.0371. The Kier molecular flexibility index (Phi) is 8.08. The van der Waals surface area contributed by atoms with Gasteiger partial charge in [0.1, 0.15) is 6.26 Å². The van der Waals surface area contributed by atoms with Crippen LogP contribution >= 0.6 is 0 Å². The van der Waals surface area contributed by atoms with E-state index in [0.29, 0.717) is 24.1 Å². The van der Waals surface area contributed by atoms with E-state index in [4.69, 9.17) is 9.15 Å². The Labute approximate surface area is 173 Å². The third-order valence-electron chi connectivity index (χ3n) is 5.76. The zero-order valence-corrected chi connectivity index (χ0v) is 17.7. The van der Waals surface area contributed by atoms with Gasteiger partial charge in [0.05, 0.1) is 6.61 Å². The van der Waals surface area contributed by atoms with Gasteiger partial charge in [0.15, 0.2) is 5.69 Å². The van der Waals surface area contributed by atoms with E-state index in [0.717, 1.165) is 63.1 Å². The summed E-state index contributed by atoms with van der Waals surface area (Å²) in [5.74, 6) is 1.69. The number of rotatable bonds is 6. The van der Waals surface area contributed by atoms with Gasteiger partial charge in [0.25, 0.3) is 5.91 Å². The molecule has 0 spiro atoms. The highest BCUT2D eigenvalue weighted by molar-refractivity contribution is 5.92.